The van der Waals surface area contributed by atoms with Crippen molar-refractivity contribution >= 4 is 11.9 Å². The van der Waals surface area contributed by atoms with Crippen LogP contribution in [-0.4, -0.2) is 23.5 Å². The van der Waals surface area contributed by atoms with Crippen LogP contribution in [0.4, 0.5) is 0 Å². The van der Waals surface area contributed by atoms with Gasteiger partial charge in [-0.05, 0) is 38.0 Å². The molecule has 0 aromatic heterocycles. The molecule has 2 N–H and O–H groups in total. The number of carbonyl (C=O) groups is 2. The van der Waals surface area contributed by atoms with E-state index in [1.165, 1.54) is 0 Å². The molecule has 1 aliphatic rings. The zero-order valence-corrected chi connectivity index (χ0v) is 11.1. The van der Waals surface area contributed by atoms with E-state index in [1.54, 1.807) is 6.08 Å². The lowest BCUT2D eigenvalue weighted by Crippen LogP contribution is -2.45. The second-order valence-corrected chi connectivity index (χ2v) is 5.37. The average Bonchev–Trinajstić information content (AvgIpc) is 2.35. The van der Waals surface area contributed by atoms with Gasteiger partial charge < -0.3 is 10.4 Å². The highest BCUT2D eigenvalue weighted by atomic mass is 16.4. The molecule has 18 heavy (non-hydrogen) atoms. The summed E-state index contributed by atoms with van der Waals surface area (Å²) in [7, 11) is 0. The largest absolute Gasteiger partial charge is 0.481 e. The van der Waals surface area contributed by atoms with E-state index in [4.69, 9.17) is 0 Å². The molecule has 1 aliphatic carbocycles. The summed E-state index contributed by atoms with van der Waals surface area (Å²) in [6.07, 6.45) is 5.87. The van der Waals surface area contributed by atoms with Crippen LogP contribution in [-0.2, 0) is 9.59 Å². The van der Waals surface area contributed by atoms with Gasteiger partial charge in [0.1, 0.15) is 0 Å². The standard InChI is InChI=1S/C14H23NO3/c1-3-4-5-12(16)15-10-14(13(17)18)8-6-11(2)7-9-14/h3,11H,1,4-10H2,2H3,(H,15,16)(H,17,18). The minimum absolute atomic E-state index is 0.0888. The van der Waals surface area contributed by atoms with Crippen LogP contribution in [0.15, 0.2) is 12.7 Å². The molecule has 0 saturated heterocycles. The fourth-order valence-corrected chi connectivity index (χ4v) is 2.37. The lowest BCUT2D eigenvalue weighted by molar-refractivity contribution is -0.151. The third-order valence-electron chi connectivity index (χ3n) is 3.88. The quantitative estimate of drug-likeness (QED) is 0.714. The Hall–Kier alpha value is -1.32. The Morgan fingerprint density at radius 2 is 2.06 bits per heavy atom. The van der Waals surface area contributed by atoms with Gasteiger partial charge in [0.15, 0.2) is 0 Å². The molecular formula is C14H23NO3. The van der Waals surface area contributed by atoms with E-state index in [9.17, 15) is 14.7 Å². The Kier molecular flexibility index (Phi) is 5.38. The normalized spacial score (nSPS) is 27.5. The molecule has 4 nitrogen and oxygen atoms in total. The summed E-state index contributed by atoms with van der Waals surface area (Å²) in [6.45, 7) is 5.96. The van der Waals surface area contributed by atoms with Crippen molar-refractivity contribution in [1.29, 1.82) is 0 Å². The first kappa shape index (κ1) is 14.7. The molecular weight excluding hydrogens is 230 g/mol. The maximum Gasteiger partial charge on any atom is 0.311 e. The first-order valence-electron chi connectivity index (χ1n) is 6.61. The molecule has 0 radical (unpaired) electrons. The van der Waals surface area contributed by atoms with E-state index in [0.717, 1.165) is 12.8 Å². The van der Waals surface area contributed by atoms with Crippen LogP contribution in [0.2, 0.25) is 0 Å². The average molecular weight is 253 g/mol. The van der Waals surface area contributed by atoms with Crippen LogP contribution in [0.25, 0.3) is 0 Å². The number of carbonyl (C=O) groups excluding carboxylic acids is 1. The van der Waals surface area contributed by atoms with Gasteiger partial charge in [0, 0.05) is 13.0 Å². The minimum atomic E-state index is -0.779. The van der Waals surface area contributed by atoms with Crippen molar-refractivity contribution in [3.05, 3.63) is 12.7 Å². The number of amides is 1. The number of aliphatic carboxylic acids is 1. The van der Waals surface area contributed by atoms with Crippen molar-refractivity contribution < 1.29 is 14.7 Å². The number of hydrogen-bond donors (Lipinski definition) is 2. The molecule has 1 saturated carbocycles. The second-order valence-electron chi connectivity index (χ2n) is 5.37. The number of allylic oxidation sites excluding steroid dienone is 1. The first-order chi connectivity index (χ1) is 8.50. The Morgan fingerprint density at radius 1 is 1.44 bits per heavy atom. The third kappa shape index (κ3) is 3.86. The zero-order valence-electron chi connectivity index (χ0n) is 11.1. The highest BCUT2D eigenvalue weighted by Crippen LogP contribution is 2.38. The van der Waals surface area contributed by atoms with E-state index in [1.807, 2.05) is 0 Å². The number of hydrogen-bond acceptors (Lipinski definition) is 2. The smallest absolute Gasteiger partial charge is 0.311 e. The van der Waals surface area contributed by atoms with Gasteiger partial charge in [-0.15, -0.1) is 6.58 Å². The highest BCUT2D eigenvalue weighted by Gasteiger charge is 2.41. The van der Waals surface area contributed by atoms with Crippen molar-refractivity contribution in [2.45, 2.75) is 45.4 Å². The van der Waals surface area contributed by atoms with Crippen LogP contribution in [0.3, 0.4) is 0 Å². The van der Waals surface area contributed by atoms with Crippen molar-refractivity contribution in [1.82, 2.24) is 5.32 Å². The van der Waals surface area contributed by atoms with Crippen molar-refractivity contribution in [2.75, 3.05) is 6.54 Å². The molecule has 0 aromatic carbocycles. The van der Waals surface area contributed by atoms with Crippen LogP contribution < -0.4 is 5.32 Å². The summed E-state index contributed by atoms with van der Waals surface area (Å²) in [4.78, 5) is 23.0. The predicted molar refractivity (Wildman–Crippen MR) is 70.1 cm³/mol. The van der Waals surface area contributed by atoms with Gasteiger partial charge in [0.2, 0.25) is 5.91 Å². The van der Waals surface area contributed by atoms with Gasteiger partial charge >= 0.3 is 5.97 Å². The van der Waals surface area contributed by atoms with Crippen LogP contribution in [0, 0.1) is 11.3 Å². The SMILES string of the molecule is C=CCCC(=O)NCC1(C(=O)O)CCC(C)CC1. The molecule has 0 aliphatic heterocycles. The van der Waals surface area contributed by atoms with Crippen LogP contribution >= 0.6 is 0 Å². The summed E-state index contributed by atoms with van der Waals surface area (Å²) in [5, 5.41) is 12.2. The topological polar surface area (TPSA) is 66.4 Å². The lowest BCUT2D eigenvalue weighted by atomic mass is 9.71. The molecule has 0 atom stereocenters. The van der Waals surface area contributed by atoms with Crippen molar-refractivity contribution in [3.63, 3.8) is 0 Å². The zero-order chi connectivity index (χ0) is 13.6. The number of nitrogens with one attached hydrogen (secondary N) is 1. The van der Waals surface area contributed by atoms with E-state index >= 15 is 0 Å². The molecule has 1 amide bonds. The Morgan fingerprint density at radius 3 is 2.56 bits per heavy atom. The van der Waals surface area contributed by atoms with Gasteiger partial charge in [-0.25, -0.2) is 0 Å². The van der Waals surface area contributed by atoms with Crippen molar-refractivity contribution in [2.24, 2.45) is 11.3 Å². The maximum absolute atomic E-state index is 11.5. The third-order valence-corrected chi connectivity index (χ3v) is 3.88. The molecule has 0 unspecified atom stereocenters. The summed E-state index contributed by atoms with van der Waals surface area (Å²) < 4.78 is 0. The second kappa shape index (κ2) is 6.57. The van der Waals surface area contributed by atoms with Crippen LogP contribution in [0.5, 0.6) is 0 Å². The molecule has 0 aromatic rings. The molecule has 1 rings (SSSR count). The Labute approximate surface area is 108 Å². The first-order valence-corrected chi connectivity index (χ1v) is 6.61. The van der Waals surface area contributed by atoms with Gasteiger partial charge in [-0.2, -0.15) is 0 Å². The number of carboxylic acids is 1. The van der Waals surface area contributed by atoms with Crippen LogP contribution in [0.1, 0.15) is 45.4 Å². The fraction of sp³-hybridized carbons (Fsp3) is 0.714. The highest BCUT2D eigenvalue weighted by molar-refractivity contribution is 5.79. The van der Waals surface area contributed by atoms with Gasteiger partial charge in [0.25, 0.3) is 0 Å². The Bertz CT molecular complexity index is 317. The fourth-order valence-electron chi connectivity index (χ4n) is 2.37. The molecule has 4 heteroatoms. The summed E-state index contributed by atoms with van der Waals surface area (Å²) in [5.41, 5.74) is -0.754. The molecule has 1 fully saturated rings. The van der Waals surface area contributed by atoms with Gasteiger partial charge in [-0.1, -0.05) is 13.0 Å². The summed E-state index contributed by atoms with van der Waals surface area (Å²) in [5.74, 6) is -0.276. The Balaban J connectivity index is 2.51. The summed E-state index contributed by atoms with van der Waals surface area (Å²) in [6, 6.07) is 0. The van der Waals surface area contributed by atoms with Gasteiger partial charge in [0.05, 0.1) is 5.41 Å². The molecule has 0 spiro atoms. The molecule has 0 bridgehead atoms. The lowest BCUT2D eigenvalue weighted by Gasteiger charge is -2.35. The molecule has 102 valence electrons. The van der Waals surface area contributed by atoms with E-state index < -0.39 is 11.4 Å². The van der Waals surface area contributed by atoms with E-state index in [-0.39, 0.29) is 12.5 Å². The predicted octanol–water partition coefficient (Wildman–Crippen LogP) is 2.35. The monoisotopic (exact) mass is 253 g/mol. The van der Waals surface area contributed by atoms with Gasteiger partial charge in [-0.3, -0.25) is 9.59 Å². The number of carboxylic acid groups (broad SMARTS) is 1. The van der Waals surface area contributed by atoms with E-state index in [0.29, 0.717) is 31.6 Å². The minimum Gasteiger partial charge on any atom is -0.481 e. The molecule has 0 heterocycles. The van der Waals surface area contributed by atoms with Crippen molar-refractivity contribution in [3.8, 4) is 0 Å². The summed E-state index contributed by atoms with van der Waals surface area (Å²) >= 11 is 0. The van der Waals surface area contributed by atoms with E-state index in [2.05, 4.69) is 18.8 Å². The maximum atomic E-state index is 11.5. The number of rotatable bonds is 6.